The minimum absolute atomic E-state index is 0.0965. The van der Waals surface area contributed by atoms with Gasteiger partial charge >= 0.3 is 0 Å². The van der Waals surface area contributed by atoms with Crippen molar-refractivity contribution < 1.29 is 0 Å². The molecular formula is C30H30N4S2. The van der Waals surface area contributed by atoms with Crippen LogP contribution in [-0.4, -0.2) is 20.4 Å². The Balaban J connectivity index is 1.36. The fourth-order valence-electron chi connectivity index (χ4n) is 3.91. The van der Waals surface area contributed by atoms with Crippen molar-refractivity contribution in [3.8, 4) is 42.3 Å². The number of rotatable bonds is 4. The van der Waals surface area contributed by atoms with Gasteiger partial charge in [-0.2, -0.15) is 0 Å². The van der Waals surface area contributed by atoms with Crippen LogP contribution >= 0.6 is 22.7 Å². The van der Waals surface area contributed by atoms with Crippen molar-refractivity contribution >= 4 is 22.7 Å². The molecule has 5 aromatic rings. The van der Waals surface area contributed by atoms with E-state index in [9.17, 15) is 0 Å². The molecule has 0 bridgehead atoms. The predicted molar refractivity (Wildman–Crippen MR) is 153 cm³/mol. The van der Waals surface area contributed by atoms with Crippen molar-refractivity contribution in [2.45, 2.75) is 52.4 Å². The van der Waals surface area contributed by atoms with E-state index in [-0.39, 0.29) is 10.8 Å². The second-order valence-electron chi connectivity index (χ2n) is 11.1. The Hall–Kier alpha value is -3.22. The molecule has 2 heterocycles. The zero-order valence-electron chi connectivity index (χ0n) is 21.5. The van der Waals surface area contributed by atoms with Crippen LogP contribution in [0.15, 0.2) is 72.8 Å². The highest BCUT2D eigenvalue weighted by molar-refractivity contribution is 7.18. The largest absolute Gasteiger partial charge is 0.148 e. The fourth-order valence-corrected chi connectivity index (χ4v) is 5.60. The molecule has 0 saturated carbocycles. The summed E-state index contributed by atoms with van der Waals surface area (Å²) in [5, 5.41) is 21.6. The van der Waals surface area contributed by atoms with Crippen molar-refractivity contribution in [1.29, 1.82) is 0 Å². The predicted octanol–water partition coefficient (Wildman–Crippen LogP) is 8.65. The molecule has 0 atom stereocenters. The minimum Gasteiger partial charge on any atom is -0.138 e. The highest BCUT2D eigenvalue weighted by atomic mass is 32.1. The van der Waals surface area contributed by atoms with Crippen LogP contribution in [-0.2, 0) is 10.8 Å². The Morgan fingerprint density at radius 3 is 1.11 bits per heavy atom. The molecule has 36 heavy (non-hydrogen) atoms. The van der Waals surface area contributed by atoms with Crippen molar-refractivity contribution in [3.05, 3.63) is 83.9 Å². The Morgan fingerprint density at radius 1 is 0.444 bits per heavy atom. The molecular weight excluding hydrogens is 480 g/mol. The van der Waals surface area contributed by atoms with Gasteiger partial charge in [-0.05, 0) is 34.1 Å². The Kier molecular flexibility index (Phi) is 6.35. The molecule has 0 aliphatic heterocycles. The van der Waals surface area contributed by atoms with Crippen molar-refractivity contribution in [3.63, 3.8) is 0 Å². The average molecular weight is 511 g/mol. The van der Waals surface area contributed by atoms with Crippen LogP contribution in [0.5, 0.6) is 0 Å². The lowest BCUT2D eigenvalue weighted by molar-refractivity contribution is 0.590. The van der Waals surface area contributed by atoms with Gasteiger partial charge in [0.05, 0.1) is 0 Å². The average Bonchev–Trinajstić information content (AvgIpc) is 3.54. The maximum Gasteiger partial charge on any atom is 0.148 e. The number of aromatic nitrogens is 4. The summed E-state index contributed by atoms with van der Waals surface area (Å²) < 4.78 is 0. The number of hydrogen-bond acceptors (Lipinski definition) is 6. The van der Waals surface area contributed by atoms with Gasteiger partial charge in [-0.25, -0.2) is 0 Å². The standard InChI is InChI=1S/C30H30N4S2/c1-29(2,3)23-11-7-9-21(17-23)27-33-31-25(35-27)19-13-15-20(16-14-19)26-32-34-28(36-26)22-10-8-12-24(18-22)30(4,5)6/h7-18H,1-6H3. The van der Waals surface area contributed by atoms with E-state index in [1.807, 2.05) is 0 Å². The normalized spacial score (nSPS) is 12.2. The smallest absolute Gasteiger partial charge is 0.138 e. The summed E-state index contributed by atoms with van der Waals surface area (Å²) in [5.74, 6) is 0. The fraction of sp³-hybridized carbons (Fsp3) is 0.267. The lowest BCUT2D eigenvalue weighted by Crippen LogP contribution is -2.10. The highest BCUT2D eigenvalue weighted by Gasteiger charge is 2.17. The molecule has 0 N–H and O–H groups in total. The molecule has 0 amide bonds. The molecule has 0 radical (unpaired) electrons. The summed E-state index contributed by atoms with van der Waals surface area (Å²) in [6.07, 6.45) is 0. The first-order valence-electron chi connectivity index (χ1n) is 12.1. The molecule has 3 aromatic carbocycles. The summed E-state index contributed by atoms with van der Waals surface area (Å²) in [6.45, 7) is 13.4. The summed E-state index contributed by atoms with van der Waals surface area (Å²) in [6, 6.07) is 25.5. The zero-order valence-corrected chi connectivity index (χ0v) is 23.2. The van der Waals surface area contributed by atoms with E-state index >= 15 is 0 Å². The van der Waals surface area contributed by atoms with Crippen LogP contribution in [0.3, 0.4) is 0 Å². The van der Waals surface area contributed by atoms with Gasteiger partial charge in [0.25, 0.3) is 0 Å². The Morgan fingerprint density at radius 2 is 0.778 bits per heavy atom. The maximum absolute atomic E-state index is 4.48. The summed E-state index contributed by atoms with van der Waals surface area (Å²) in [5.41, 5.74) is 7.11. The second kappa shape index (κ2) is 9.34. The number of benzene rings is 3. The lowest BCUT2D eigenvalue weighted by Gasteiger charge is -2.19. The molecule has 0 aliphatic carbocycles. The van der Waals surface area contributed by atoms with Crippen molar-refractivity contribution in [2.75, 3.05) is 0 Å². The quantitative estimate of drug-likeness (QED) is 0.243. The van der Waals surface area contributed by atoms with E-state index in [0.717, 1.165) is 42.3 Å². The first-order chi connectivity index (χ1) is 17.1. The molecule has 0 unspecified atom stereocenters. The van der Waals surface area contributed by atoms with Crippen LogP contribution in [0.1, 0.15) is 52.7 Å². The molecule has 4 nitrogen and oxygen atoms in total. The van der Waals surface area contributed by atoms with Crippen LogP contribution in [0.2, 0.25) is 0 Å². The lowest BCUT2D eigenvalue weighted by atomic mass is 9.86. The van der Waals surface area contributed by atoms with Gasteiger partial charge in [0.15, 0.2) is 0 Å². The molecule has 5 rings (SSSR count). The van der Waals surface area contributed by atoms with Crippen LogP contribution in [0.4, 0.5) is 0 Å². The number of nitrogens with zero attached hydrogens (tertiary/aromatic N) is 4. The van der Waals surface area contributed by atoms with Crippen molar-refractivity contribution in [2.24, 2.45) is 0 Å². The molecule has 0 spiro atoms. The number of hydrogen-bond donors (Lipinski definition) is 0. The van der Waals surface area contributed by atoms with E-state index in [1.165, 1.54) is 11.1 Å². The Bertz CT molecular complexity index is 1380. The molecule has 182 valence electrons. The third kappa shape index (κ3) is 5.15. The summed E-state index contributed by atoms with van der Waals surface area (Å²) in [7, 11) is 0. The molecule has 0 fully saturated rings. The second-order valence-corrected chi connectivity index (χ2v) is 13.0. The van der Waals surface area contributed by atoms with Gasteiger partial charge in [0, 0.05) is 22.3 Å². The third-order valence-electron chi connectivity index (χ3n) is 6.18. The monoisotopic (exact) mass is 510 g/mol. The van der Waals surface area contributed by atoms with E-state index in [4.69, 9.17) is 0 Å². The maximum atomic E-state index is 4.48. The first-order valence-corrected chi connectivity index (χ1v) is 13.7. The van der Waals surface area contributed by atoms with Gasteiger partial charge in [-0.3, -0.25) is 0 Å². The molecule has 2 aromatic heterocycles. The summed E-state index contributed by atoms with van der Waals surface area (Å²) in [4.78, 5) is 0. The van der Waals surface area contributed by atoms with Crippen LogP contribution in [0.25, 0.3) is 42.3 Å². The molecule has 6 heteroatoms. The van der Waals surface area contributed by atoms with Crippen LogP contribution in [0, 0.1) is 0 Å². The van der Waals surface area contributed by atoms with E-state index in [2.05, 4.69) is 135 Å². The van der Waals surface area contributed by atoms with Crippen LogP contribution < -0.4 is 0 Å². The van der Waals surface area contributed by atoms with Gasteiger partial charge in [0.2, 0.25) is 0 Å². The zero-order chi connectivity index (χ0) is 25.5. The van der Waals surface area contributed by atoms with Gasteiger partial charge in [-0.15, -0.1) is 20.4 Å². The third-order valence-corrected chi connectivity index (χ3v) is 8.22. The van der Waals surface area contributed by atoms with Crippen molar-refractivity contribution in [1.82, 2.24) is 20.4 Å². The van der Waals surface area contributed by atoms with Gasteiger partial charge in [-0.1, -0.05) is 125 Å². The minimum atomic E-state index is 0.0965. The summed E-state index contributed by atoms with van der Waals surface area (Å²) >= 11 is 3.23. The first kappa shape index (κ1) is 24.5. The topological polar surface area (TPSA) is 51.6 Å². The molecule has 0 saturated heterocycles. The van der Waals surface area contributed by atoms with Gasteiger partial charge < -0.3 is 0 Å². The SMILES string of the molecule is CC(C)(C)c1cccc(-c2nnc(-c3ccc(-c4nnc(-c5cccc(C(C)(C)C)c5)s4)cc3)s2)c1. The van der Waals surface area contributed by atoms with E-state index < -0.39 is 0 Å². The molecule has 0 aliphatic rings. The Labute approximate surface area is 221 Å². The van der Waals surface area contributed by atoms with E-state index in [0.29, 0.717) is 0 Å². The van der Waals surface area contributed by atoms with Gasteiger partial charge in [0.1, 0.15) is 20.0 Å². The highest BCUT2D eigenvalue weighted by Crippen LogP contribution is 2.35. The van der Waals surface area contributed by atoms with E-state index in [1.54, 1.807) is 22.7 Å².